The van der Waals surface area contributed by atoms with Gasteiger partial charge in [0.2, 0.25) is 0 Å². The quantitative estimate of drug-likeness (QED) is 0.727. The molecule has 0 bridgehead atoms. The SMILES string of the molecule is CCOC(=O)CC(CC(C)C)N[S@](=O)C(C)(C)C. The monoisotopic (exact) mass is 277 g/mol. The van der Waals surface area contributed by atoms with Crippen molar-refractivity contribution >= 4 is 17.0 Å². The van der Waals surface area contributed by atoms with Gasteiger partial charge in [0.15, 0.2) is 0 Å². The van der Waals surface area contributed by atoms with Crippen LogP contribution in [0.4, 0.5) is 0 Å². The molecule has 0 aliphatic heterocycles. The molecule has 2 atom stereocenters. The maximum absolute atomic E-state index is 12.0. The van der Waals surface area contributed by atoms with Gasteiger partial charge >= 0.3 is 5.97 Å². The van der Waals surface area contributed by atoms with Crippen molar-refractivity contribution in [3.05, 3.63) is 0 Å². The highest BCUT2D eigenvalue weighted by Crippen LogP contribution is 2.14. The topological polar surface area (TPSA) is 55.4 Å². The fourth-order valence-corrected chi connectivity index (χ4v) is 2.33. The normalized spacial score (nSPS) is 15.5. The molecule has 0 aliphatic rings. The van der Waals surface area contributed by atoms with E-state index in [1.807, 2.05) is 20.8 Å². The number of ether oxygens (including phenoxy) is 1. The van der Waals surface area contributed by atoms with Gasteiger partial charge in [-0.3, -0.25) is 4.79 Å². The molecule has 0 aromatic rings. The summed E-state index contributed by atoms with van der Waals surface area (Å²) in [6.07, 6.45) is 1.08. The highest BCUT2D eigenvalue weighted by atomic mass is 32.2. The zero-order valence-corrected chi connectivity index (χ0v) is 13.2. The molecule has 0 radical (unpaired) electrons. The molecule has 0 aromatic heterocycles. The molecule has 0 fully saturated rings. The van der Waals surface area contributed by atoms with Gasteiger partial charge in [-0.25, -0.2) is 8.93 Å². The lowest BCUT2D eigenvalue weighted by Crippen LogP contribution is -2.41. The van der Waals surface area contributed by atoms with Crippen LogP contribution in [-0.4, -0.2) is 27.6 Å². The molecule has 0 saturated carbocycles. The molecule has 0 rings (SSSR count). The molecular weight excluding hydrogens is 250 g/mol. The van der Waals surface area contributed by atoms with Crippen molar-refractivity contribution in [1.29, 1.82) is 0 Å². The van der Waals surface area contributed by atoms with Crippen LogP contribution in [0.3, 0.4) is 0 Å². The van der Waals surface area contributed by atoms with Crippen molar-refractivity contribution in [2.45, 2.75) is 65.2 Å². The van der Waals surface area contributed by atoms with Crippen LogP contribution in [-0.2, 0) is 20.5 Å². The standard InChI is InChI=1S/C13H27NO3S/c1-7-17-12(15)9-11(8-10(2)3)14-18(16)13(4,5)6/h10-11,14H,7-9H2,1-6H3/t11?,18-/m1/s1. The third-order valence-corrected chi connectivity index (χ3v) is 3.96. The zero-order chi connectivity index (χ0) is 14.3. The van der Waals surface area contributed by atoms with Crippen LogP contribution < -0.4 is 4.72 Å². The Morgan fingerprint density at radius 3 is 2.28 bits per heavy atom. The first-order valence-electron chi connectivity index (χ1n) is 6.50. The summed E-state index contributed by atoms with van der Waals surface area (Å²) < 4.78 is 19.7. The van der Waals surface area contributed by atoms with E-state index in [4.69, 9.17) is 4.74 Å². The van der Waals surface area contributed by atoms with Crippen molar-refractivity contribution in [2.24, 2.45) is 5.92 Å². The second kappa shape index (κ2) is 7.89. The number of rotatable bonds is 7. The molecule has 0 aliphatic carbocycles. The van der Waals surface area contributed by atoms with E-state index in [0.29, 0.717) is 12.5 Å². The summed E-state index contributed by atoms with van der Waals surface area (Å²) in [5, 5.41) is 0. The molecule has 108 valence electrons. The van der Waals surface area contributed by atoms with Crippen molar-refractivity contribution in [1.82, 2.24) is 4.72 Å². The van der Waals surface area contributed by atoms with E-state index in [9.17, 15) is 9.00 Å². The minimum atomic E-state index is -1.16. The van der Waals surface area contributed by atoms with Crippen LogP contribution in [0.15, 0.2) is 0 Å². The first-order valence-corrected chi connectivity index (χ1v) is 7.65. The van der Waals surface area contributed by atoms with Gasteiger partial charge in [0.1, 0.15) is 0 Å². The average molecular weight is 277 g/mol. The molecule has 1 N–H and O–H groups in total. The van der Waals surface area contributed by atoms with Gasteiger partial charge in [0, 0.05) is 6.04 Å². The Morgan fingerprint density at radius 1 is 1.33 bits per heavy atom. The molecule has 0 heterocycles. The summed E-state index contributed by atoms with van der Waals surface area (Å²) in [4.78, 5) is 11.5. The van der Waals surface area contributed by atoms with E-state index >= 15 is 0 Å². The summed E-state index contributed by atoms with van der Waals surface area (Å²) in [7, 11) is -1.16. The maximum atomic E-state index is 12.0. The Labute approximate surface area is 113 Å². The van der Waals surface area contributed by atoms with Crippen molar-refractivity contribution < 1.29 is 13.7 Å². The van der Waals surface area contributed by atoms with E-state index in [1.165, 1.54) is 0 Å². The fraction of sp³-hybridized carbons (Fsp3) is 0.923. The Kier molecular flexibility index (Phi) is 7.71. The summed E-state index contributed by atoms with van der Waals surface area (Å²) in [5.74, 6) is 0.204. The van der Waals surface area contributed by atoms with E-state index < -0.39 is 11.0 Å². The number of carbonyl (C=O) groups is 1. The predicted molar refractivity (Wildman–Crippen MR) is 75.5 cm³/mol. The Balaban J connectivity index is 4.49. The minimum absolute atomic E-state index is 0.0934. The van der Waals surface area contributed by atoms with Gasteiger partial charge in [-0.05, 0) is 40.0 Å². The highest BCUT2D eigenvalue weighted by molar-refractivity contribution is 7.84. The van der Waals surface area contributed by atoms with Crippen LogP contribution in [0, 0.1) is 5.92 Å². The van der Waals surface area contributed by atoms with Crippen LogP contribution in [0.25, 0.3) is 0 Å². The lowest BCUT2D eigenvalue weighted by atomic mass is 10.0. The summed E-state index contributed by atoms with van der Waals surface area (Å²) in [6, 6.07) is -0.0934. The van der Waals surface area contributed by atoms with Crippen LogP contribution >= 0.6 is 0 Å². The molecule has 1 unspecified atom stereocenters. The van der Waals surface area contributed by atoms with Crippen molar-refractivity contribution in [3.63, 3.8) is 0 Å². The number of nitrogens with one attached hydrogen (secondary N) is 1. The second-order valence-electron chi connectivity index (χ2n) is 5.83. The van der Waals surface area contributed by atoms with E-state index in [0.717, 1.165) is 6.42 Å². The third-order valence-electron chi connectivity index (χ3n) is 2.30. The Bertz CT molecular complexity index is 284. The third kappa shape index (κ3) is 7.82. The molecule has 0 saturated heterocycles. The Hall–Kier alpha value is -0.420. The molecule has 0 spiro atoms. The largest absolute Gasteiger partial charge is 0.466 e. The number of esters is 1. The van der Waals surface area contributed by atoms with Crippen LogP contribution in [0.2, 0.25) is 0 Å². The molecule has 18 heavy (non-hydrogen) atoms. The van der Waals surface area contributed by atoms with Gasteiger partial charge in [0.05, 0.1) is 28.8 Å². The maximum Gasteiger partial charge on any atom is 0.307 e. The smallest absolute Gasteiger partial charge is 0.307 e. The molecule has 5 heteroatoms. The van der Waals surface area contributed by atoms with Gasteiger partial charge < -0.3 is 4.74 Å². The van der Waals surface area contributed by atoms with E-state index in [1.54, 1.807) is 6.92 Å². The lowest BCUT2D eigenvalue weighted by Gasteiger charge is -2.24. The van der Waals surface area contributed by atoms with Gasteiger partial charge in [0.25, 0.3) is 0 Å². The first-order chi connectivity index (χ1) is 8.16. The van der Waals surface area contributed by atoms with Crippen LogP contribution in [0.1, 0.15) is 54.4 Å². The van der Waals surface area contributed by atoms with Gasteiger partial charge in [-0.1, -0.05) is 13.8 Å². The van der Waals surface area contributed by atoms with Gasteiger partial charge in [-0.2, -0.15) is 0 Å². The van der Waals surface area contributed by atoms with Crippen molar-refractivity contribution in [2.75, 3.05) is 6.61 Å². The zero-order valence-electron chi connectivity index (χ0n) is 12.4. The second-order valence-corrected chi connectivity index (χ2v) is 7.83. The lowest BCUT2D eigenvalue weighted by molar-refractivity contribution is -0.143. The molecule has 0 aromatic carbocycles. The number of hydrogen-bond donors (Lipinski definition) is 1. The minimum Gasteiger partial charge on any atom is -0.466 e. The van der Waals surface area contributed by atoms with Crippen LogP contribution in [0.5, 0.6) is 0 Å². The summed E-state index contributed by atoms with van der Waals surface area (Å²) in [5.41, 5.74) is 0. The van der Waals surface area contributed by atoms with Crippen molar-refractivity contribution in [3.8, 4) is 0 Å². The molecule has 4 nitrogen and oxygen atoms in total. The molecule has 0 amide bonds. The summed E-state index contributed by atoms with van der Waals surface area (Å²) in [6.45, 7) is 12.1. The fourth-order valence-electron chi connectivity index (χ4n) is 1.49. The van der Waals surface area contributed by atoms with E-state index in [2.05, 4.69) is 18.6 Å². The predicted octanol–water partition coefficient (Wildman–Crippen LogP) is 2.41. The summed E-state index contributed by atoms with van der Waals surface area (Å²) >= 11 is 0. The number of carbonyl (C=O) groups excluding carboxylic acids is 1. The van der Waals surface area contributed by atoms with E-state index in [-0.39, 0.29) is 23.2 Å². The average Bonchev–Trinajstić information content (AvgIpc) is 2.14. The van der Waals surface area contributed by atoms with Gasteiger partial charge in [-0.15, -0.1) is 0 Å². The Morgan fingerprint density at radius 2 is 1.89 bits per heavy atom. The highest BCUT2D eigenvalue weighted by Gasteiger charge is 2.24. The number of hydrogen-bond acceptors (Lipinski definition) is 3. The first kappa shape index (κ1) is 17.6. The molecular formula is C13H27NO3S.